The van der Waals surface area contributed by atoms with E-state index < -0.39 is 16.2 Å². The lowest BCUT2D eigenvalue weighted by molar-refractivity contribution is -0.265. The minimum Gasteiger partial charge on any atom is -0.288 e. The van der Waals surface area contributed by atoms with Gasteiger partial charge in [-0.15, -0.1) is 0 Å². The van der Waals surface area contributed by atoms with Crippen LogP contribution in [-0.2, 0) is 14.9 Å². The molecular weight excluding hydrogens is 384 g/mol. The highest BCUT2D eigenvalue weighted by molar-refractivity contribution is 7.89. The highest BCUT2D eigenvalue weighted by atomic mass is 32.2. The fraction of sp³-hybridized carbons (Fsp3) is 0.217. The molecule has 0 amide bonds. The standard InChI is InChI=1S/C23H24N2O3S/c1-18-13-15-21(16-14-18)29(26,27)25-17-22(19-9-5-3-6-10-19)28-24(2)23(25)20-11-7-4-8-12-20/h3-16,22-23H,17H2,1-2H3/t22-,23+/m1/s1. The van der Waals surface area contributed by atoms with E-state index in [1.165, 1.54) is 4.31 Å². The summed E-state index contributed by atoms with van der Waals surface area (Å²) in [6, 6.07) is 26.3. The molecule has 1 heterocycles. The van der Waals surface area contributed by atoms with Crippen molar-refractivity contribution in [1.29, 1.82) is 0 Å². The summed E-state index contributed by atoms with van der Waals surface area (Å²) in [4.78, 5) is 6.43. The van der Waals surface area contributed by atoms with Crippen LogP contribution in [0.25, 0.3) is 0 Å². The van der Waals surface area contributed by atoms with Gasteiger partial charge in [0.25, 0.3) is 0 Å². The summed E-state index contributed by atoms with van der Waals surface area (Å²) in [5.74, 6) is 0. The van der Waals surface area contributed by atoms with E-state index >= 15 is 0 Å². The van der Waals surface area contributed by atoms with Crippen molar-refractivity contribution < 1.29 is 13.3 Å². The third-order valence-electron chi connectivity index (χ3n) is 5.15. The predicted molar refractivity (Wildman–Crippen MR) is 112 cm³/mol. The van der Waals surface area contributed by atoms with Crippen LogP contribution >= 0.6 is 0 Å². The predicted octanol–water partition coefficient (Wildman–Crippen LogP) is 4.30. The van der Waals surface area contributed by atoms with E-state index in [9.17, 15) is 8.42 Å². The third kappa shape index (κ3) is 3.97. The molecule has 6 heteroatoms. The van der Waals surface area contributed by atoms with Crippen LogP contribution in [0.15, 0.2) is 89.8 Å². The van der Waals surface area contributed by atoms with Gasteiger partial charge in [0.1, 0.15) is 12.3 Å². The van der Waals surface area contributed by atoms with E-state index in [0.717, 1.165) is 16.7 Å². The fourth-order valence-corrected chi connectivity index (χ4v) is 5.25. The summed E-state index contributed by atoms with van der Waals surface area (Å²) in [7, 11) is -1.96. The Morgan fingerprint density at radius 3 is 1.97 bits per heavy atom. The van der Waals surface area contributed by atoms with Crippen molar-refractivity contribution in [2.45, 2.75) is 24.1 Å². The second kappa shape index (κ2) is 8.08. The topological polar surface area (TPSA) is 49.9 Å². The molecule has 2 atom stereocenters. The van der Waals surface area contributed by atoms with Crippen molar-refractivity contribution in [2.24, 2.45) is 0 Å². The van der Waals surface area contributed by atoms with Crippen LogP contribution in [0.2, 0.25) is 0 Å². The summed E-state index contributed by atoms with van der Waals surface area (Å²) in [6.07, 6.45) is -0.941. The first-order valence-electron chi connectivity index (χ1n) is 9.55. The maximum atomic E-state index is 13.6. The molecule has 0 saturated carbocycles. The molecule has 1 fully saturated rings. The lowest BCUT2D eigenvalue weighted by Crippen LogP contribution is -2.50. The first kappa shape index (κ1) is 19.8. The number of rotatable bonds is 4. The highest BCUT2D eigenvalue weighted by Gasteiger charge is 2.42. The first-order chi connectivity index (χ1) is 14.0. The van der Waals surface area contributed by atoms with Crippen molar-refractivity contribution in [2.75, 3.05) is 13.6 Å². The Morgan fingerprint density at radius 1 is 0.828 bits per heavy atom. The van der Waals surface area contributed by atoms with Gasteiger partial charge in [-0.2, -0.15) is 9.37 Å². The molecule has 3 aromatic rings. The zero-order valence-electron chi connectivity index (χ0n) is 16.5. The van der Waals surface area contributed by atoms with Crippen molar-refractivity contribution in [3.8, 4) is 0 Å². The number of aryl methyl sites for hydroxylation is 1. The summed E-state index contributed by atoms with van der Waals surface area (Å²) in [6.45, 7) is 2.17. The molecule has 0 aromatic heterocycles. The minimum absolute atomic E-state index is 0.226. The average molecular weight is 409 g/mol. The quantitative estimate of drug-likeness (QED) is 0.646. The van der Waals surface area contributed by atoms with Gasteiger partial charge in [-0.3, -0.25) is 4.84 Å². The SMILES string of the molecule is Cc1ccc(S(=O)(=O)N2C[C@H](c3ccccc3)ON(C)[C@@H]2c2ccccc2)cc1. The van der Waals surface area contributed by atoms with E-state index in [0.29, 0.717) is 0 Å². The van der Waals surface area contributed by atoms with Gasteiger partial charge in [0, 0.05) is 13.6 Å². The number of hydrogen-bond donors (Lipinski definition) is 0. The van der Waals surface area contributed by atoms with Crippen LogP contribution in [0.3, 0.4) is 0 Å². The Labute approximate surface area is 172 Å². The van der Waals surface area contributed by atoms with E-state index in [-0.39, 0.29) is 17.5 Å². The lowest BCUT2D eigenvalue weighted by Gasteiger charge is -2.44. The zero-order valence-corrected chi connectivity index (χ0v) is 17.3. The maximum Gasteiger partial charge on any atom is 0.244 e. The molecule has 0 aliphatic carbocycles. The molecule has 3 aromatic carbocycles. The molecule has 0 radical (unpaired) electrons. The largest absolute Gasteiger partial charge is 0.288 e. The monoisotopic (exact) mass is 408 g/mol. The molecular formula is C23H24N2O3S. The second-order valence-electron chi connectivity index (χ2n) is 7.22. The number of nitrogens with zero attached hydrogens (tertiary/aromatic N) is 2. The molecule has 1 saturated heterocycles. The van der Waals surface area contributed by atoms with Crippen molar-refractivity contribution in [1.82, 2.24) is 9.37 Å². The van der Waals surface area contributed by atoms with E-state index in [1.807, 2.05) is 79.7 Å². The molecule has 0 spiro atoms. The fourth-order valence-electron chi connectivity index (χ4n) is 3.65. The minimum atomic E-state index is -3.74. The Bertz CT molecular complexity index is 1050. The van der Waals surface area contributed by atoms with Gasteiger partial charge in [-0.1, -0.05) is 78.4 Å². The summed E-state index contributed by atoms with van der Waals surface area (Å²) in [5.41, 5.74) is 2.82. The molecule has 4 rings (SSSR count). The molecule has 0 bridgehead atoms. The van der Waals surface area contributed by atoms with Gasteiger partial charge in [0.2, 0.25) is 10.0 Å². The number of hydroxylamine groups is 2. The van der Waals surface area contributed by atoms with Crippen LogP contribution in [0.1, 0.15) is 29.0 Å². The van der Waals surface area contributed by atoms with E-state index in [4.69, 9.17) is 4.84 Å². The Hall–Kier alpha value is -2.51. The average Bonchev–Trinajstić information content (AvgIpc) is 2.74. The molecule has 1 aliphatic rings. The first-order valence-corrected chi connectivity index (χ1v) is 11.0. The highest BCUT2D eigenvalue weighted by Crippen LogP contribution is 2.38. The van der Waals surface area contributed by atoms with Gasteiger partial charge in [0.15, 0.2) is 0 Å². The Morgan fingerprint density at radius 2 is 1.38 bits per heavy atom. The zero-order chi connectivity index (χ0) is 20.4. The van der Waals surface area contributed by atoms with Crippen LogP contribution in [0.5, 0.6) is 0 Å². The van der Waals surface area contributed by atoms with Crippen molar-refractivity contribution in [3.63, 3.8) is 0 Å². The van der Waals surface area contributed by atoms with Gasteiger partial charge in [0.05, 0.1) is 4.90 Å². The number of hydrogen-bond acceptors (Lipinski definition) is 4. The number of benzene rings is 3. The molecule has 0 unspecified atom stereocenters. The van der Waals surface area contributed by atoms with E-state index in [2.05, 4.69) is 0 Å². The van der Waals surface area contributed by atoms with Crippen LogP contribution < -0.4 is 0 Å². The van der Waals surface area contributed by atoms with Crippen LogP contribution in [0, 0.1) is 6.92 Å². The second-order valence-corrected chi connectivity index (χ2v) is 9.11. The Kier molecular flexibility index (Phi) is 5.52. The normalized spacial score (nSPS) is 21.2. The molecule has 1 aliphatic heterocycles. The molecule has 150 valence electrons. The van der Waals surface area contributed by atoms with E-state index in [1.54, 1.807) is 24.2 Å². The van der Waals surface area contributed by atoms with Gasteiger partial charge in [-0.05, 0) is 30.2 Å². The van der Waals surface area contributed by atoms with Gasteiger partial charge < -0.3 is 0 Å². The number of sulfonamides is 1. The molecule has 5 nitrogen and oxygen atoms in total. The summed E-state index contributed by atoms with van der Waals surface area (Å²) >= 11 is 0. The van der Waals surface area contributed by atoms with Crippen molar-refractivity contribution >= 4 is 10.0 Å². The summed E-state index contributed by atoms with van der Waals surface area (Å²) in [5, 5.41) is 1.64. The maximum absolute atomic E-state index is 13.6. The lowest BCUT2D eigenvalue weighted by atomic mass is 10.1. The third-order valence-corrected chi connectivity index (χ3v) is 6.99. The van der Waals surface area contributed by atoms with Crippen molar-refractivity contribution in [3.05, 3.63) is 102 Å². The summed E-state index contributed by atoms with van der Waals surface area (Å²) < 4.78 is 28.8. The van der Waals surface area contributed by atoms with Crippen LogP contribution in [-0.4, -0.2) is 31.4 Å². The molecule has 0 N–H and O–H groups in total. The Balaban J connectivity index is 1.78. The van der Waals surface area contributed by atoms with Gasteiger partial charge in [-0.25, -0.2) is 8.42 Å². The van der Waals surface area contributed by atoms with Crippen LogP contribution in [0.4, 0.5) is 0 Å². The smallest absolute Gasteiger partial charge is 0.244 e. The van der Waals surface area contributed by atoms with Gasteiger partial charge >= 0.3 is 0 Å². The molecule has 29 heavy (non-hydrogen) atoms.